The van der Waals surface area contributed by atoms with E-state index >= 15 is 0 Å². The summed E-state index contributed by atoms with van der Waals surface area (Å²) in [6, 6.07) is 0. The Balaban J connectivity index is 1.63. The number of aliphatic hydroxyl groups is 1. The predicted molar refractivity (Wildman–Crippen MR) is 131 cm³/mol. The van der Waals surface area contributed by atoms with Crippen molar-refractivity contribution in [3.05, 3.63) is 23.8 Å². The molecule has 0 radical (unpaired) electrons. The van der Waals surface area contributed by atoms with Crippen LogP contribution in [-0.4, -0.2) is 17.0 Å². The number of ketones is 1. The second-order valence-electron chi connectivity index (χ2n) is 14.3. The Morgan fingerprint density at radius 3 is 2.34 bits per heavy atom. The van der Waals surface area contributed by atoms with Gasteiger partial charge in [0.15, 0.2) is 5.78 Å². The van der Waals surface area contributed by atoms with Gasteiger partial charge in [-0.15, -0.1) is 0 Å². The maximum Gasteiger partial charge on any atom is 0.161 e. The topological polar surface area (TPSA) is 37.3 Å². The fourth-order valence-corrected chi connectivity index (χ4v) is 10.4. The van der Waals surface area contributed by atoms with Gasteiger partial charge >= 0.3 is 0 Å². The molecule has 0 spiro atoms. The third-order valence-electron chi connectivity index (χ3n) is 12.4. The lowest BCUT2D eigenvalue weighted by atomic mass is 9.35. The molecule has 3 fully saturated rings. The smallest absolute Gasteiger partial charge is 0.161 e. The molecule has 2 heteroatoms. The molecular formula is C30H46O2. The molecule has 0 aromatic carbocycles. The van der Waals surface area contributed by atoms with Crippen molar-refractivity contribution in [2.24, 2.45) is 56.7 Å². The van der Waals surface area contributed by atoms with Gasteiger partial charge in [-0.3, -0.25) is 4.79 Å². The Bertz CT molecular complexity index is 895. The summed E-state index contributed by atoms with van der Waals surface area (Å²) in [7, 11) is 0. The molecule has 0 amide bonds. The Hall–Kier alpha value is -0.890. The second-order valence-corrected chi connectivity index (χ2v) is 14.3. The van der Waals surface area contributed by atoms with Crippen LogP contribution in [0.25, 0.3) is 0 Å². The first-order valence-corrected chi connectivity index (χ1v) is 13.3. The van der Waals surface area contributed by atoms with Crippen LogP contribution in [0.5, 0.6) is 0 Å². The Morgan fingerprint density at radius 1 is 1.00 bits per heavy atom. The van der Waals surface area contributed by atoms with Gasteiger partial charge in [-0.2, -0.15) is 0 Å². The van der Waals surface area contributed by atoms with Crippen molar-refractivity contribution in [1.29, 1.82) is 0 Å². The van der Waals surface area contributed by atoms with Gasteiger partial charge in [0.05, 0.1) is 6.10 Å². The summed E-state index contributed by atoms with van der Waals surface area (Å²) in [6.45, 7) is 19.1. The summed E-state index contributed by atoms with van der Waals surface area (Å²) in [5, 5.41) is 11.1. The zero-order valence-corrected chi connectivity index (χ0v) is 21.8. The minimum Gasteiger partial charge on any atom is -0.393 e. The number of fused-ring (bicyclic) bond motifs is 7. The fraction of sp³-hybridized carbons (Fsp3) is 0.833. The molecule has 9 atom stereocenters. The van der Waals surface area contributed by atoms with Gasteiger partial charge in [-0.05, 0) is 95.9 Å². The number of aliphatic hydroxyl groups excluding tert-OH is 1. The van der Waals surface area contributed by atoms with E-state index < -0.39 is 0 Å². The van der Waals surface area contributed by atoms with E-state index in [1.165, 1.54) is 19.3 Å². The number of hydrogen-bond acceptors (Lipinski definition) is 2. The van der Waals surface area contributed by atoms with Gasteiger partial charge < -0.3 is 5.11 Å². The van der Waals surface area contributed by atoms with E-state index in [-0.39, 0.29) is 33.2 Å². The van der Waals surface area contributed by atoms with Crippen LogP contribution in [0.1, 0.15) is 93.9 Å². The molecule has 0 aromatic heterocycles. The van der Waals surface area contributed by atoms with Crippen LogP contribution in [0, 0.1) is 56.7 Å². The summed E-state index contributed by atoms with van der Waals surface area (Å²) in [6.07, 6.45) is 13.6. The summed E-state index contributed by atoms with van der Waals surface area (Å²) in [5.41, 5.74) is 2.16. The average Bonchev–Trinajstić information content (AvgIpc) is 2.96. The van der Waals surface area contributed by atoms with Gasteiger partial charge in [-0.1, -0.05) is 73.1 Å². The van der Waals surface area contributed by atoms with Gasteiger partial charge in [0, 0.05) is 5.41 Å². The van der Waals surface area contributed by atoms with E-state index in [1.54, 1.807) is 5.57 Å². The molecule has 5 aliphatic carbocycles. The van der Waals surface area contributed by atoms with E-state index in [0.29, 0.717) is 35.4 Å². The van der Waals surface area contributed by atoms with Crippen LogP contribution < -0.4 is 0 Å². The lowest BCUT2D eigenvalue weighted by molar-refractivity contribution is -0.156. The van der Waals surface area contributed by atoms with E-state index in [2.05, 4.69) is 67.5 Å². The largest absolute Gasteiger partial charge is 0.393 e. The highest BCUT2D eigenvalue weighted by Gasteiger charge is 2.68. The zero-order chi connectivity index (χ0) is 23.5. The van der Waals surface area contributed by atoms with Crippen molar-refractivity contribution < 1.29 is 9.90 Å². The van der Waals surface area contributed by atoms with Gasteiger partial charge in [0.2, 0.25) is 0 Å². The molecule has 0 aromatic rings. The Morgan fingerprint density at radius 2 is 1.69 bits per heavy atom. The molecule has 5 aliphatic rings. The first kappa shape index (κ1) is 22.9. The molecule has 32 heavy (non-hydrogen) atoms. The summed E-state index contributed by atoms with van der Waals surface area (Å²) in [4.78, 5) is 12.8. The Labute approximate surface area is 196 Å². The van der Waals surface area contributed by atoms with Crippen LogP contribution in [0.4, 0.5) is 0 Å². The van der Waals surface area contributed by atoms with Crippen molar-refractivity contribution in [1.82, 2.24) is 0 Å². The summed E-state index contributed by atoms with van der Waals surface area (Å²) >= 11 is 0. The maximum absolute atomic E-state index is 12.8. The quantitative estimate of drug-likeness (QED) is 0.448. The van der Waals surface area contributed by atoms with Gasteiger partial charge in [0.1, 0.15) is 0 Å². The number of carbonyl (C=O) groups excluding carboxylic acids is 1. The predicted octanol–water partition coefficient (Wildman–Crippen LogP) is 6.98. The van der Waals surface area contributed by atoms with Crippen LogP contribution in [0.2, 0.25) is 0 Å². The summed E-state index contributed by atoms with van der Waals surface area (Å²) in [5.74, 6) is 2.71. The SMILES string of the molecule is CC(C)[C@@H]1C(O)C[C@]2(C)CC[C@]3(C)C(=CC[C@@H]4[C@@]5(C)C=CC(=O)C(C)(C)[C@@H]5CC[C@]43C)[C@@H]12. The molecule has 2 nitrogen and oxygen atoms in total. The fourth-order valence-electron chi connectivity index (χ4n) is 10.4. The number of hydrogen-bond donors (Lipinski definition) is 1. The molecule has 1 unspecified atom stereocenters. The Kier molecular flexibility index (Phi) is 4.73. The monoisotopic (exact) mass is 438 g/mol. The van der Waals surface area contributed by atoms with Crippen molar-refractivity contribution in [2.75, 3.05) is 0 Å². The standard InChI is InChI=1S/C30H46O2/c1-18(2)24-20(31)17-27(5)15-16-29(7)19(25(24)27)9-10-22-28(6)13-12-23(32)26(3,4)21(28)11-14-30(22,29)8/h9,12-13,18,20-22,24-25,31H,10-11,14-17H2,1-8H3/t20?,21-,22+,24+,25-,27-,28-,29+,30+/m0/s1. The van der Waals surface area contributed by atoms with Crippen LogP contribution in [-0.2, 0) is 4.79 Å². The highest BCUT2D eigenvalue weighted by Crippen LogP contribution is 2.75. The second kappa shape index (κ2) is 6.61. The molecular weight excluding hydrogens is 392 g/mol. The van der Waals surface area contributed by atoms with Crippen molar-refractivity contribution >= 4 is 5.78 Å². The van der Waals surface area contributed by atoms with Gasteiger partial charge in [0.25, 0.3) is 0 Å². The molecule has 0 aliphatic heterocycles. The van der Waals surface area contributed by atoms with E-state index in [4.69, 9.17) is 0 Å². The third kappa shape index (κ3) is 2.54. The molecule has 3 saturated carbocycles. The number of carbonyl (C=O) groups is 1. The molecule has 178 valence electrons. The normalized spacial score (nSPS) is 53.9. The maximum atomic E-state index is 12.8. The van der Waals surface area contributed by atoms with Gasteiger partial charge in [-0.25, -0.2) is 0 Å². The minimum absolute atomic E-state index is 0.0723. The van der Waals surface area contributed by atoms with Crippen molar-refractivity contribution in [3.63, 3.8) is 0 Å². The lowest BCUT2D eigenvalue weighted by Crippen LogP contribution is -2.62. The van der Waals surface area contributed by atoms with Crippen LogP contribution in [0.3, 0.4) is 0 Å². The molecule has 1 N–H and O–H groups in total. The first-order valence-electron chi connectivity index (χ1n) is 13.3. The van der Waals surface area contributed by atoms with E-state index in [1.807, 2.05) is 6.08 Å². The number of rotatable bonds is 1. The minimum atomic E-state index is -0.265. The lowest BCUT2D eigenvalue weighted by Gasteiger charge is -2.69. The average molecular weight is 439 g/mol. The van der Waals surface area contributed by atoms with Crippen LogP contribution >= 0.6 is 0 Å². The zero-order valence-electron chi connectivity index (χ0n) is 21.8. The third-order valence-corrected chi connectivity index (χ3v) is 12.4. The van der Waals surface area contributed by atoms with Crippen molar-refractivity contribution in [2.45, 2.75) is 100 Å². The summed E-state index contributed by atoms with van der Waals surface area (Å²) < 4.78 is 0. The highest BCUT2D eigenvalue weighted by molar-refractivity contribution is 5.95. The van der Waals surface area contributed by atoms with E-state index in [9.17, 15) is 9.90 Å². The molecule has 0 heterocycles. The number of allylic oxidation sites excluding steroid dienone is 4. The van der Waals surface area contributed by atoms with Crippen molar-refractivity contribution in [3.8, 4) is 0 Å². The van der Waals surface area contributed by atoms with E-state index in [0.717, 1.165) is 19.3 Å². The molecule has 5 rings (SSSR count). The first-order chi connectivity index (χ1) is 14.7. The van der Waals surface area contributed by atoms with Crippen LogP contribution in [0.15, 0.2) is 23.8 Å². The molecule has 0 saturated heterocycles. The molecule has 0 bridgehead atoms. The highest BCUT2D eigenvalue weighted by atomic mass is 16.3.